The lowest BCUT2D eigenvalue weighted by molar-refractivity contribution is 0.672. The minimum atomic E-state index is 0.0399. The van der Waals surface area contributed by atoms with E-state index in [1.54, 1.807) is 29.9 Å². The van der Waals surface area contributed by atoms with Gasteiger partial charge in [-0.25, -0.2) is 15.0 Å². The first-order valence-corrected chi connectivity index (χ1v) is 9.03. The van der Waals surface area contributed by atoms with E-state index in [0.29, 0.717) is 5.95 Å². The van der Waals surface area contributed by atoms with E-state index in [0.717, 1.165) is 27.8 Å². The average Bonchev–Trinajstić information content (AvgIpc) is 3.32. The van der Waals surface area contributed by atoms with Crippen LogP contribution < -0.4 is 5.32 Å². The number of aromatic nitrogens is 6. The van der Waals surface area contributed by atoms with Gasteiger partial charge in [-0.1, -0.05) is 6.07 Å². The highest BCUT2D eigenvalue weighted by atomic mass is 32.1. The third-order valence-electron chi connectivity index (χ3n) is 3.95. The molecule has 0 aliphatic rings. The van der Waals surface area contributed by atoms with Crippen molar-refractivity contribution in [1.29, 1.82) is 0 Å². The highest BCUT2D eigenvalue weighted by Crippen LogP contribution is 2.27. The summed E-state index contributed by atoms with van der Waals surface area (Å²) < 4.78 is 1.83. The van der Waals surface area contributed by atoms with E-state index in [2.05, 4.69) is 37.3 Å². The Balaban J connectivity index is 1.56. The monoisotopic (exact) mass is 363 g/mol. The van der Waals surface area contributed by atoms with Gasteiger partial charge < -0.3 is 5.32 Å². The first-order chi connectivity index (χ1) is 12.7. The summed E-state index contributed by atoms with van der Waals surface area (Å²) in [6.45, 7) is 2.05. The van der Waals surface area contributed by atoms with E-state index < -0.39 is 0 Å². The molecule has 4 rings (SSSR count). The Kier molecular flexibility index (Phi) is 4.40. The van der Waals surface area contributed by atoms with Gasteiger partial charge in [0, 0.05) is 31.0 Å². The zero-order valence-electron chi connectivity index (χ0n) is 14.4. The van der Waals surface area contributed by atoms with E-state index in [4.69, 9.17) is 0 Å². The number of hydrogen-bond donors (Lipinski definition) is 1. The number of nitrogens with one attached hydrogen (secondary N) is 1. The van der Waals surface area contributed by atoms with Crippen LogP contribution >= 0.6 is 11.3 Å². The standard InChI is InChI=1S/C18H17N7S/c1-12(16-7-10-21-25(16)2)22-18-20-9-6-14(24-18)17-23-15(11-26-17)13-5-3-4-8-19-13/h3-12H,1-2H3,(H,20,22,24). The molecule has 4 heterocycles. The van der Waals surface area contributed by atoms with E-state index >= 15 is 0 Å². The van der Waals surface area contributed by atoms with Crippen LogP contribution in [0.1, 0.15) is 18.7 Å². The number of thiazole rings is 1. The molecule has 1 N–H and O–H groups in total. The smallest absolute Gasteiger partial charge is 0.223 e. The molecule has 0 radical (unpaired) electrons. The second-order valence-corrected chi connectivity index (χ2v) is 6.62. The van der Waals surface area contributed by atoms with Gasteiger partial charge in [-0.3, -0.25) is 9.67 Å². The second kappa shape index (κ2) is 7.01. The molecule has 0 saturated heterocycles. The van der Waals surface area contributed by atoms with Crippen LogP contribution in [0.15, 0.2) is 54.3 Å². The Morgan fingerprint density at radius 2 is 1.88 bits per heavy atom. The molecule has 26 heavy (non-hydrogen) atoms. The molecule has 0 aliphatic carbocycles. The topological polar surface area (TPSA) is 81.4 Å². The zero-order valence-corrected chi connectivity index (χ0v) is 15.2. The number of nitrogens with zero attached hydrogens (tertiary/aromatic N) is 6. The molecule has 0 fully saturated rings. The van der Waals surface area contributed by atoms with Gasteiger partial charge in [-0.05, 0) is 31.2 Å². The fraction of sp³-hybridized carbons (Fsp3) is 0.167. The van der Waals surface area contributed by atoms with Crippen molar-refractivity contribution in [3.05, 3.63) is 60.0 Å². The molecule has 0 saturated carbocycles. The van der Waals surface area contributed by atoms with Crippen molar-refractivity contribution in [3.8, 4) is 22.1 Å². The molecule has 0 aliphatic heterocycles. The van der Waals surface area contributed by atoms with E-state index in [1.807, 2.05) is 47.4 Å². The Morgan fingerprint density at radius 3 is 2.65 bits per heavy atom. The quantitative estimate of drug-likeness (QED) is 0.584. The minimum Gasteiger partial charge on any atom is -0.346 e. The molecule has 8 heteroatoms. The summed E-state index contributed by atoms with van der Waals surface area (Å²) in [5, 5.41) is 10.3. The lowest BCUT2D eigenvalue weighted by Gasteiger charge is -2.14. The first-order valence-electron chi connectivity index (χ1n) is 8.15. The van der Waals surface area contributed by atoms with Crippen molar-refractivity contribution in [2.75, 3.05) is 5.32 Å². The zero-order chi connectivity index (χ0) is 17.9. The third kappa shape index (κ3) is 3.31. The lowest BCUT2D eigenvalue weighted by Crippen LogP contribution is -2.13. The molecule has 1 unspecified atom stereocenters. The molecule has 0 bridgehead atoms. The molecular weight excluding hydrogens is 346 g/mol. The summed E-state index contributed by atoms with van der Waals surface area (Å²) in [6, 6.07) is 9.67. The number of aryl methyl sites for hydroxylation is 1. The molecular formula is C18H17N7S. The Bertz CT molecular complexity index is 1010. The summed E-state index contributed by atoms with van der Waals surface area (Å²) >= 11 is 1.54. The van der Waals surface area contributed by atoms with Gasteiger partial charge in [0.1, 0.15) is 16.4 Å². The van der Waals surface area contributed by atoms with Crippen molar-refractivity contribution < 1.29 is 0 Å². The molecule has 130 valence electrons. The van der Waals surface area contributed by atoms with Crippen LogP contribution in [0, 0.1) is 0 Å². The maximum Gasteiger partial charge on any atom is 0.223 e. The predicted molar refractivity (Wildman–Crippen MR) is 102 cm³/mol. The van der Waals surface area contributed by atoms with E-state index in [-0.39, 0.29) is 6.04 Å². The average molecular weight is 363 g/mol. The number of hydrogen-bond acceptors (Lipinski definition) is 7. The van der Waals surface area contributed by atoms with Crippen LogP contribution in [-0.2, 0) is 7.05 Å². The van der Waals surface area contributed by atoms with Crippen LogP contribution in [0.4, 0.5) is 5.95 Å². The largest absolute Gasteiger partial charge is 0.346 e. The molecule has 0 spiro atoms. The van der Waals surface area contributed by atoms with Crippen molar-refractivity contribution in [3.63, 3.8) is 0 Å². The van der Waals surface area contributed by atoms with Gasteiger partial charge in [0.05, 0.1) is 17.4 Å². The third-order valence-corrected chi connectivity index (χ3v) is 4.82. The van der Waals surface area contributed by atoms with Gasteiger partial charge in [0.25, 0.3) is 0 Å². The molecule has 7 nitrogen and oxygen atoms in total. The highest BCUT2D eigenvalue weighted by molar-refractivity contribution is 7.13. The van der Waals surface area contributed by atoms with Crippen LogP contribution in [0.5, 0.6) is 0 Å². The van der Waals surface area contributed by atoms with Gasteiger partial charge in [0.15, 0.2) is 0 Å². The van der Waals surface area contributed by atoms with Crippen LogP contribution in [0.2, 0.25) is 0 Å². The first kappa shape index (κ1) is 16.3. The molecule has 4 aromatic rings. The fourth-order valence-corrected chi connectivity index (χ4v) is 3.43. The normalized spacial score (nSPS) is 12.1. The molecule has 0 aromatic carbocycles. The molecule has 4 aromatic heterocycles. The van der Waals surface area contributed by atoms with Gasteiger partial charge in [-0.2, -0.15) is 5.10 Å². The minimum absolute atomic E-state index is 0.0399. The van der Waals surface area contributed by atoms with Crippen LogP contribution in [-0.4, -0.2) is 29.7 Å². The number of rotatable bonds is 5. The lowest BCUT2D eigenvalue weighted by atomic mass is 10.2. The van der Waals surface area contributed by atoms with Crippen LogP contribution in [0.25, 0.3) is 22.1 Å². The Labute approximate surface area is 154 Å². The predicted octanol–water partition coefficient (Wildman–Crippen LogP) is 3.57. The number of anilines is 1. The summed E-state index contributed by atoms with van der Waals surface area (Å²) in [4.78, 5) is 17.9. The maximum atomic E-state index is 4.66. The highest BCUT2D eigenvalue weighted by Gasteiger charge is 2.13. The summed E-state index contributed by atoms with van der Waals surface area (Å²) in [5.41, 5.74) is 3.55. The number of pyridine rings is 1. The van der Waals surface area contributed by atoms with Crippen molar-refractivity contribution in [2.45, 2.75) is 13.0 Å². The Hall–Kier alpha value is -3.13. The van der Waals surface area contributed by atoms with Gasteiger partial charge in [-0.15, -0.1) is 11.3 Å². The van der Waals surface area contributed by atoms with Crippen molar-refractivity contribution >= 4 is 17.3 Å². The molecule has 1 atom stereocenters. The Morgan fingerprint density at radius 1 is 0.962 bits per heavy atom. The summed E-state index contributed by atoms with van der Waals surface area (Å²) in [6.07, 6.45) is 5.28. The maximum absolute atomic E-state index is 4.66. The van der Waals surface area contributed by atoms with Gasteiger partial charge in [0.2, 0.25) is 5.95 Å². The van der Waals surface area contributed by atoms with Crippen LogP contribution in [0.3, 0.4) is 0 Å². The van der Waals surface area contributed by atoms with E-state index in [1.165, 1.54) is 0 Å². The second-order valence-electron chi connectivity index (χ2n) is 5.76. The summed E-state index contributed by atoms with van der Waals surface area (Å²) in [7, 11) is 1.92. The SMILES string of the molecule is CC(Nc1nccc(-c2nc(-c3ccccn3)cs2)n1)c1ccnn1C. The fourth-order valence-electron chi connectivity index (χ4n) is 2.65. The van der Waals surface area contributed by atoms with Gasteiger partial charge >= 0.3 is 0 Å². The molecule has 0 amide bonds. The summed E-state index contributed by atoms with van der Waals surface area (Å²) in [5.74, 6) is 0.561. The van der Waals surface area contributed by atoms with Crippen molar-refractivity contribution in [1.82, 2.24) is 29.7 Å². The van der Waals surface area contributed by atoms with Crippen molar-refractivity contribution in [2.24, 2.45) is 7.05 Å². The van der Waals surface area contributed by atoms with E-state index in [9.17, 15) is 0 Å².